The molecular formula is C26H25N5O6. The lowest BCUT2D eigenvalue weighted by Gasteiger charge is -2.18. The van der Waals surface area contributed by atoms with Gasteiger partial charge in [-0.3, -0.25) is 20.0 Å². The molecule has 0 aliphatic rings. The van der Waals surface area contributed by atoms with Crippen LogP contribution in [0.4, 0.5) is 5.69 Å². The summed E-state index contributed by atoms with van der Waals surface area (Å²) in [6.45, 7) is 3.27. The molecule has 1 aromatic heterocycles. The van der Waals surface area contributed by atoms with Crippen LogP contribution in [0.15, 0.2) is 60.9 Å². The van der Waals surface area contributed by atoms with E-state index < -0.39 is 35.7 Å². The number of carboxylic acid groups (broad SMARTS) is 2. The van der Waals surface area contributed by atoms with E-state index in [1.54, 1.807) is 38.1 Å². The second kappa shape index (κ2) is 11.1. The number of anilines is 1. The second-order valence-electron chi connectivity index (χ2n) is 8.47. The third kappa shape index (κ3) is 6.14. The number of carbonyl (C=O) groups is 4. The highest BCUT2D eigenvalue weighted by Gasteiger charge is 2.25. The number of nitrogens with one attached hydrogen (secondary N) is 3. The van der Waals surface area contributed by atoms with Gasteiger partial charge in [0.2, 0.25) is 0 Å². The van der Waals surface area contributed by atoms with Crippen LogP contribution in [0.3, 0.4) is 0 Å². The van der Waals surface area contributed by atoms with Gasteiger partial charge in [0.25, 0.3) is 11.8 Å². The molecule has 0 radical (unpaired) electrons. The number of aromatic carboxylic acids is 1. The number of nitrogens with zero attached hydrogens (tertiary/aromatic N) is 1. The van der Waals surface area contributed by atoms with Gasteiger partial charge in [0.1, 0.15) is 11.9 Å². The third-order valence-corrected chi connectivity index (χ3v) is 5.54. The number of aliphatic carboxylic acids is 1. The number of nitrogens with two attached hydrogens (primary N) is 1. The van der Waals surface area contributed by atoms with Crippen LogP contribution < -0.4 is 16.4 Å². The zero-order valence-corrected chi connectivity index (χ0v) is 20.0. The number of amides is 2. The quantitative estimate of drug-likeness (QED) is 0.189. The number of pyridine rings is 1. The van der Waals surface area contributed by atoms with E-state index in [-0.39, 0.29) is 33.7 Å². The van der Waals surface area contributed by atoms with Crippen molar-refractivity contribution in [1.29, 1.82) is 5.41 Å². The van der Waals surface area contributed by atoms with Crippen molar-refractivity contribution in [2.24, 2.45) is 11.7 Å². The molecule has 11 heteroatoms. The van der Waals surface area contributed by atoms with Crippen molar-refractivity contribution in [2.45, 2.75) is 19.9 Å². The summed E-state index contributed by atoms with van der Waals surface area (Å²) in [5, 5.41) is 31.7. The van der Waals surface area contributed by atoms with Gasteiger partial charge in [-0.25, -0.2) is 9.59 Å². The monoisotopic (exact) mass is 503 g/mol. The lowest BCUT2D eigenvalue weighted by Crippen LogP contribution is -2.44. The van der Waals surface area contributed by atoms with Gasteiger partial charge in [-0.05, 0) is 53.9 Å². The molecule has 7 N–H and O–H groups in total. The van der Waals surface area contributed by atoms with Gasteiger partial charge >= 0.3 is 11.9 Å². The first-order valence-electron chi connectivity index (χ1n) is 11.1. The molecule has 0 spiro atoms. The Balaban J connectivity index is 1.96. The van der Waals surface area contributed by atoms with Crippen molar-refractivity contribution in [3.05, 3.63) is 83.2 Å². The Morgan fingerprint density at radius 1 is 0.892 bits per heavy atom. The summed E-state index contributed by atoms with van der Waals surface area (Å²) in [5.74, 6) is -4.34. The molecule has 37 heavy (non-hydrogen) atoms. The third-order valence-electron chi connectivity index (χ3n) is 5.54. The molecule has 190 valence electrons. The van der Waals surface area contributed by atoms with Gasteiger partial charge < -0.3 is 26.6 Å². The number of benzene rings is 2. The minimum atomic E-state index is -1.35. The SMILES string of the molecule is CC(C)C(NC(=O)c1ccc(-c2cnccc2C(=O)Nc2ccc(C(=N)N)cc2)c(C(=O)O)c1)C(=O)O. The van der Waals surface area contributed by atoms with Gasteiger partial charge in [0.15, 0.2) is 0 Å². The van der Waals surface area contributed by atoms with Gasteiger partial charge in [0, 0.05) is 34.8 Å². The topological polar surface area (TPSA) is 196 Å². The standard InChI is InChI=1S/C26H25N5O6/c1-13(2)21(26(36)37)31-23(32)15-5-8-17(19(11-15)25(34)35)20-12-29-10-9-18(20)24(33)30-16-6-3-14(4-7-16)22(27)28/h3-13,21H,1-2H3,(H3,27,28)(H,30,33)(H,31,32)(H,34,35)(H,36,37). The van der Waals surface area contributed by atoms with E-state index in [4.69, 9.17) is 11.1 Å². The van der Waals surface area contributed by atoms with Gasteiger partial charge in [-0.15, -0.1) is 0 Å². The van der Waals surface area contributed by atoms with Crippen LogP contribution in [-0.4, -0.2) is 50.8 Å². The zero-order chi connectivity index (χ0) is 27.3. The molecular weight excluding hydrogens is 478 g/mol. The highest BCUT2D eigenvalue weighted by Crippen LogP contribution is 2.28. The van der Waals surface area contributed by atoms with E-state index in [1.165, 1.54) is 30.6 Å². The van der Waals surface area contributed by atoms with Crippen LogP contribution >= 0.6 is 0 Å². The molecule has 0 fully saturated rings. The highest BCUT2D eigenvalue weighted by atomic mass is 16.4. The molecule has 0 bridgehead atoms. The lowest BCUT2D eigenvalue weighted by molar-refractivity contribution is -0.140. The first kappa shape index (κ1) is 26.5. The number of aromatic nitrogens is 1. The number of carboxylic acids is 2. The summed E-state index contributed by atoms with van der Waals surface area (Å²) in [4.78, 5) is 53.3. The Morgan fingerprint density at radius 3 is 2.11 bits per heavy atom. The van der Waals surface area contributed by atoms with Gasteiger partial charge in [0.05, 0.1) is 11.1 Å². The molecule has 11 nitrogen and oxygen atoms in total. The molecule has 3 aromatic rings. The maximum absolute atomic E-state index is 13.1. The summed E-state index contributed by atoms with van der Waals surface area (Å²) in [5.41, 5.74) is 6.55. The normalized spacial score (nSPS) is 11.4. The Morgan fingerprint density at radius 2 is 1.54 bits per heavy atom. The summed E-state index contributed by atoms with van der Waals surface area (Å²) in [6, 6.07) is 10.4. The number of hydrogen-bond acceptors (Lipinski definition) is 6. The fourth-order valence-electron chi connectivity index (χ4n) is 3.57. The number of hydrogen-bond donors (Lipinski definition) is 6. The fraction of sp³-hybridized carbons (Fsp3) is 0.154. The molecule has 3 rings (SSSR count). The summed E-state index contributed by atoms with van der Waals surface area (Å²) >= 11 is 0. The predicted octanol–water partition coefficient (Wildman–Crippen LogP) is 2.82. The number of nitrogen functional groups attached to an aromatic ring is 1. The van der Waals surface area contributed by atoms with Gasteiger partial charge in [-0.1, -0.05) is 19.9 Å². The van der Waals surface area contributed by atoms with E-state index in [0.29, 0.717) is 11.3 Å². The minimum Gasteiger partial charge on any atom is -0.480 e. The van der Waals surface area contributed by atoms with Crippen molar-refractivity contribution in [3.63, 3.8) is 0 Å². The molecule has 0 aliphatic heterocycles. The summed E-state index contributed by atoms with van der Waals surface area (Å²) < 4.78 is 0. The van der Waals surface area contributed by atoms with E-state index in [9.17, 15) is 29.4 Å². The second-order valence-corrected chi connectivity index (χ2v) is 8.47. The zero-order valence-electron chi connectivity index (χ0n) is 20.0. The van der Waals surface area contributed by atoms with Crippen molar-refractivity contribution >= 4 is 35.3 Å². The average molecular weight is 504 g/mol. The molecule has 2 aromatic carbocycles. The van der Waals surface area contributed by atoms with Crippen molar-refractivity contribution in [1.82, 2.24) is 10.3 Å². The van der Waals surface area contributed by atoms with Crippen molar-refractivity contribution < 1.29 is 29.4 Å². The molecule has 0 aliphatic carbocycles. The largest absolute Gasteiger partial charge is 0.480 e. The first-order chi connectivity index (χ1) is 17.5. The molecule has 1 atom stereocenters. The average Bonchev–Trinajstić information content (AvgIpc) is 2.86. The van der Waals surface area contributed by atoms with Crippen LogP contribution in [-0.2, 0) is 4.79 Å². The summed E-state index contributed by atoms with van der Waals surface area (Å²) in [6.07, 6.45) is 2.73. The lowest BCUT2D eigenvalue weighted by atomic mass is 9.94. The molecule has 2 amide bonds. The predicted molar refractivity (Wildman–Crippen MR) is 136 cm³/mol. The van der Waals surface area contributed by atoms with E-state index in [1.807, 2.05) is 0 Å². The maximum Gasteiger partial charge on any atom is 0.336 e. The van der Waals surface area contributed by atoms with Crippen LogP contribution in [0.5, 0.6) is 0 Å². The van der Waals surface area contributed by atoms with Crippen LogP contribution in [0.2, 0.25) is 0 Å². The minimum absolute atomic E-state index is 0.0477. The molecule has 0 saturated carbocycles. The number of carbonyl (C=O) groups excluding carboxylic acids is 2. The van der Waals surface area contributed by atoms with E-state index in [0.717, 1.165) is 6.07 Å². The Labute approximate surface area is 211 Å². The van der Waals surface area contributed by atoms with Gasteiger partial charge in [-0.2, -0.15) is 0 Å². The molecule has 1 heterocycles. The smallest absolute Gasteiger partial charge is 0.336 e. The number of rotatable bonds is 9. The van der Waals surface area contributed by atoms with Crippen molar-refractivity contribution in [3.8, 4) is 11.1 Å². The number of amidine groups is 1. The van der Waals surface area contributed by atoms with Crippen LogP contribution in [0, 0.1) is 11.3 Å². The first-order valence-corrected chi connectivity index (χ1v) is 11.1. The van der Waals surface area contributed by atoms with Crippen LogP contribution in [0.25, 0.3) is 11.1 Å². The van der Waals surface area contributed by atoms with E-state index in [2.05, 4.69) is 15.6 Å². The van der Waals surface area contributed by atoms with Crippen molar-refractivity contribution in [2.75, 3.05) is 5.32 Å². The molecule has 0 saturated heterocycles. The van der Waals surface area contributed by atoms with E-state index >= 15 is 0 Å². The highest BCUT2D eigenvalue weighted by molar-refractivity contribution is 6.11. The maximum atomic E-state index is 13.1. The Kier molecular flexibility index (Phi) is 7.98. The Hall–Kier alpha value is -5.06. The Bertz CT molecular complexity index is 1380. The summed E-state index contributed by atoms with van der Waals surface area (Å²) in [7, 11) is 0. The fourth-order valence-corrected chi connectivity index (χ4v) is 3.57. The van der Waals surface area contributed by atoms with Crippen LogP contribution in [0.1, 0.15) is 50.5 Å². The molecule has 1 unspecified atom stereocenters.